The van der Waals surface area contributed by atoms with E-state index in [1.54, 1.807) is 4.90 Å². The molecule has 0 radical (unpaired) electrons. The van der Waals surface area contributed by atoms with Crippen LogP contribution in [0, 0.1) is 5.41 Å². The van der Waals surface area contributed by atoms with E-state index in [0.717, 1.165) is 29.7 Å². The summed E-state index contributed by atoms with van der Waals surface area (Å²) in [6.07, 6.45) is -3.63. The van der Waals surface area contributed by atoms with Crippen LogP contribution in [0.4, 0.5) is 13.2 Å². The molecule has 2 aromatic carbocycles. The number of hydrogen-bond acceptors (Lipinski definition) is 1. The summed E-state index contributed by atoms with van der Waals surface area (Å²) in [7, 11) is 0. The van der Waals surface area contributed by atoms with Gasteiger partial charge in [-0.05, 0) is 35.2 Å². The third-order valence-electron chi connectivity index (χ3n) is 4.74. The molecule has 0 saturated heterocycles. The Bertz CT molecular complexity index is 803. The highest BCUT2D eigenvalue weighted by Gasteiger charge is 2.37. The van der Waals surface area contributed by atoms with E-state index in [4.69, 9.17) is 0 Å². The third-order valence-corrected chi connectivity index (χ3v) is 4.74. The molecule has 0 aliphatic carbocycles. The zero-order valence-corrected chi connectivity index (χ0v) is 15.1. The summed E-state index contributed by atoms with van der Waals surface area (Å²) in [6.45, 7) is 6.14. The van der Waals surface area contributed by atoms with E-state index in [9.17, 15) is 18.0 Å². The van der Waals surface area contributed by atoms with Gasteiger partial charge < -0.3 is 4.90 Å². The number of benzene rings is 2. The second kappa shape index (κ2) is 6.45. The van der Waals surface area contributed by atoms with Crippen LogP contribution < -0.4 is 0 Å². The van der Waals surface area contributed by atoms with Crippen molar-refractivity contribution in [1.82, 2.24) is 4.90 Å². The lowest BCUT2D eigenvalue weighted by Gasteiger charge is -2.41. The number of halogens is 3. The lowest BCUT2D eigenvalue weighted by atomic mass is 9.85. The number of rotatable bonds is 1. The van der Waals surface area contributed by atoms with E-state index in [2.05, 4.69) is 0 Å². The number of carbonyl (C=O) groups excluding carboxylic acids is 1. The van der Waals surface area contributed by atoms with E-state index >= 15 is 0 Å². The van der Waals surface area contributed by atoms with Gasteiger partial charge in [-0.1, -0.05) is 57.2 Å². The summed E-state index contributed by atoms with van der Waals surface area (Å²) in [5.41, 5.74) is 1.57. The Balaban J connectivity index is 2.07. The van der Waals surface area contributed by atoms with E-state index in [0.29, 0.717) is 12.1 Å². The normalized spacial score (nSPS) is 17.8. The number of nitrogens with zero attached hydrogens (tertiary/aromatic N) is 1. The zero-order chi connectivity index (χ0) is 19.1. The molecule has 26 heavy (non-hydrogen) atoms. The van der Waals surface area contributed by atoms with Crippen LogP contribution in [0.5, 0.6) is 0 Å². The lowest BCUT2D eigenvalue weighted by Crippen LogP contribution is -2.45. The summed E-state index contributed by atoms with van der Waals surface area (Å²) in [5.74, 6) is -0.00287. The number of carbonyl (C=O) groups is 1. The van der Waals surface area contributed by atoms with Crippen LogP contribution in [0.3, 0.4) is 0 Å². The molecule has 1 aliphatic heterocycles. The molecule has 1 atom stereocenters. The molecule has 3 rings (SSSR count). The lowest BCUT2D eigenvalue weighted by molar-refractivity contribution is -0.142. The van der Waals surface area contributed by atoms with Gasteiger partial charge in [0.2, 0.25) is 5.91 Å². The van der Waals surface area contributed by atoms with Gasteiger partial charge in [0.1, 0.15) is 0 Å². The fourth-order valence-electron chi connectivity index (χ4n) is 3.43. The topological polar surface area (TPSA) is 20.3 Å². The van der Waals surface area contributed by atoms with E-state index < -0.39 is 17.2 Å². The molecule has 0 aromatic heterocycles. The first kappa shape index (κ1) is 18.5. The Morgan fingerprint density at radius 2 is 1.62 bits per heavy atom. The van der Waals surface area contributed by atoms with E-state index in [1.807, 2.05) is 45.0 Å². The summed E-state index contributed by atoms with van der Waals surface area (Å²) in [5, 5.41) is 0. The van der Waals surface area contributed by atoms with Crippen molar-refractivity contribution in [2.75, 3.05) is 6.54 Å². The Morgan fingerprint density at radius 3 is 2.19 bits per heavy atom. The Hall–Kier alpha value is -2.30. The molecule has 0 bridgehead atoms. The molecular weight excluding hydrogens is 339 g/mol. The van der Waals surface area contributed by atoms with E-state index in [1.165, 1.54) is 12.1 Å². The number of amides is 1. The fraction of sp³-hybridized carbons (Fsp3) is 0.381. The Kier molecular flexibility index (Phi) is 4.59. The molecule has 1 amide bonds. The van der Waals surface area contributed by atoms with Gasteiger partial charge in [-0.15, -0.1) is 0 Å². The minimum atomic E-state index is -4.37. The highest BCUT2D eigenvalue weighted by molar-refractivity contribution is 5.82. The van der Waals surface area contributed by atoms with Crippen LogP contribution in [0.1, 0.15) is 49.1 Å². The second-order valence-electron chi connectivity index (χ2n) is 7.72. The molecule has 2 nitrogen and oxygen atoms in total. The number of alkyl halides is 3. The minimum absolute atomic E-state index is 0.00287. The van der Waals surface area contributed by atoms with Gasteiger partial charge in [-0.3, -0.25) is 4.79 Å². The molecule has 1 unspecified atom stereocenters. The molecular formula is C21H22F3NO. The molecule has 5 heteroatoms. The molecule has 1 heterocycles. The SMILES string of the molecule is CC(C)(C)C(=O)N1CCc2ccccc2C1c1ccc(C(F)(F)F)cc1. The van der Waals surface area contributed by atoms with Crippen LogP contribution in [0.15, 0.2) is 48.5 Å². The molecule has 0 spiro atoms. The summed E-state index contributed by atoms with van der Waals surface area (Å²) >= 11 is 0. The first-order valence-electron chi connectivity index (χ1n) is 8.65. The van der Waals surface area contributed by atoms with Crippen molar-refractivity contribution in [3.05, 3.63) is 70.8 Å². The number of hydrogen-bond donors (Lipinski definition) is 0. The summed E-state index contributed by atoms with van der Waals surface area (Å²) in [6, 6.07) is 12.6. The van der Waals surface area contributed by atoms with Crippen LogP contribution >= 0.6 is 0 Å². The van der Waals surface area contributed by atoms with Gasteiger partial charge >= 0.3 is 6.18 Å². The molecule has 1 aliphatic rings. The van der Waals surface area contributed by atoms with Gasteiger partial charge in [0.05, 0.1) is 11.6 Å². The van der Waals surface area contributed by atoms with Gasteiger partial charge in [0.15, 0.2) is 0 Å². The van der Waals surface area contributed by atoms with Crippen molar-refractivity contribution < 1.29 is 18.0 Å². The Morgan fingerprint density at radius 1 is 1.00 bits per heavy atom. The maximum absolute atomic E-state index is 13.0. The van der Waals surface area contributed by atoms with Crippen LogP contribution in [-0.4, -0.2) is 17.4 Å². The first-order chi connectivity index (χ1) is 12.1. The molecule has 0 fully saturated rings. The fourth-order valence-corrected chi connectivity index (χ4v) is 3.43. The molecule has 2 aromatic rings. The first-order valence-corrected chi connectivity index (χ1v) is 8.65. The van der Waals surface area contributed by atoms with Crippen molar-refractivity contribution in [2.45, 2.75) is 39.4 Å². The van der Waals surface area contributed by atoms with Crippen LogP contribution in [-0.2, 0) is 17.4 Å². The zero-order valence-electron chi connectivity index (χ0n) is 15.1. The molecule has 0 saturated carbocycles. The monoisotopic (exact) mass is 361 g/mol. The van der Waals surface area contributed by atoms with Gasteiger partial charge in [-0.25, -0.2) is 0 Å². The van der Waals surface area contributed by atoms with Gasteiger partial charge in [0, 0.05) is 12.0 Å². The van der Waals surface area contributed by atoms with Crippen molar-refractivity contribution in [1.29, 1.82) is 0 Å². The molecule has 0 N–H and O–H groups in total. The third kappa shape index (κ3) is 3.48. The average Bonchev–Trinajstić information content (AvgIpc) is 2.58. The van der Waals surface area contributed by atoms with E-state index in [-0.39, 0.29) is 11.9 Å². The van der Waals surface area contributed by atoms with Crippen molar-refractivity contribution >= 4 is 5.91 Å². The van der Waals surface area contributed by atoms with Crippen molar-refractivity contribution in [3.8, 4) is 0 Å². The average molecular weight is 361 g/mol. The predicted octanol–water partition coefficient (Wildman–Crippen LogP) is 5.23. The Labute approximate surface area is 151 Å². The van der Waals surface area contributed by atoms with Crippen molar-refractivity contribution in [3.63, 3.8) is 0 Å². The number of fused-ring (bicyclic) bond motifs is 1. The maximum Gasteiger partial charge on any atom is 0.416 e. The molecule has 138 valence electrons. The summed E-state index contributed by atoms with van der Waals surface area (Å²) in [4.78, 5) is 14.8. The largest absolute Gasteiger partial charge is 0.416 e. The predicted molar refractivity (Wildman–Crippen MR) is 94.6 cm³/mol. The quantitative estimate of drug-likeness (QED) is 0.681. The van der Waals surface area contributed by atoms with Gasteiger partial charge in [0.25, 0.3) is 0 Å². The van der Waals surface area contributed by atoms with Gasteiger partial charge in [-0.2, -0.15) is 13.2 Å². The maximum atomic E-state index is 13.0. The standard InChI is InChI=1S/C21H22F3NO/c1-20(2,3)19(26)25-13-12-14-6-4-5-7-17(14)18(25)15-8-10-16(11-9-15)21(22,23)24/h4-11,18H,12-13H2,1-3H3. The minimum Gasteiger partial charge on any atom is -0.331 e. The highest BCUT2D eigenvalue weighted by atomic mass is 19.4. The smallest absolute Gasteiger partial charge is 0.331 e. The second-order valence-corrected chi connectivity index (χ2v) is 7.72. The summed E-state index contributed by atoms with van der Waals surface area (Å²) < 4.78 is 38.7. The van der Waals surface area contributed by atoms with Crippen molar-refractivity contribution in [2.24, 2.45) is 5.41 Å². The van der Waals surface area contributed by atoms with Crippen LogP contribution in [0.25, 0.3) is 0 Å². The van der Waals surface area contributed by atoms with Crippen LogP contribution in [0.2, 0.25) is 0 Å². The highest BCUT2D eigenvalue weighted by Crippen LogP contribution is 2.38.